The van der Waals surface area contributed by atoms with Crippen LogP contribution in [0.1, 0.15) is 28.5 Å². The number of para-hydroxylation sites is 1. The first-order valence-electron chi connectivity index (χ1n) is 9.12. The van der Waals surface area contributed by atoms with Crippen molar-refractivity contribution in [1.29, 1.82) is 0 Å². The van der Waals surface area contributed by atoms with E-state index in [1.54, 1.807) is 18.0 Å². The van der Waals surface area contributed by atoms with Crippen LogP contribution in [-0.4, -0.2) is 33.9 Å². The molecule has 0 bridgehead atoms. The molecule has 5 heteroatoms. The third-order valence-electron chi connectivity index (χ3n) is 4.94. The van der Waals surface area contributed by atoms with Crippen LogP contribution >= 0.6 is 0 Å². The molecular formula is C22H22N4O. The normalized spacial score (nSPS) is 15.5. The lowest BCUT2D eigenvalue weighted by Gasteiger charge is -2.24. The Morgan fingerprint density at radius 2 is 1.85 bits per heavy atom. The molecule has 0 spiro atoms. The van der Waals surface area contributed by atoms with E-state index < -0.39 is 0 Å². The van der Waals surface area contributed by atoms with Gasteiger partial charge in [-0.3, -0.25) is 4.79 Å². The average Bonchev–Trinajstić information content (AvgIpc) is 3.04. The molecule has 1 atom stereocenters. The minimum atomic E-state index is -0.109. The van der Waals surface area contributed by atoms with E-state index in [-0.39, 0.29) is 5.91 Å². The van der Waals surface area contributed by atoms with E-state index in [2.05, 4.69) is 40.0 Å². The molecule has 2 aromatic carbocycles. The number of nitrogens with zero attached hydrogens (tertiary/aromatic N) is 4. The molecule has 27 heavy (non-hydrogen) atoms. The monoisotopic (exact) mass is 358 g/mol. The van der Waals surface area contributed by atoms with Gasteiger partial charge in [0, 0.05) is 31.4 Å². The molecule has 0 radical (unpaired) electrons. The van der Waals surface area contributed by atoms with E-state index in [1.165, 1.54) is 11.9 Å². The van der Waals surface area contributed by atoms with Crippen LogP contribution in [0.5, 0.6) is 0 Å². The quantitative estimate of drug-likeness (QED) is 0.711. The number of aromatic nitrogens is 2. The summed E-state index contributed by atoms with van der Waals surface area (Å²) in [4.78, 5) is 25.4. The molecular weight excluding hydrogens is 336 g/mol. The molecule has 5 nitrogen and oxygen atoms in total. The van der Waals surface area contributed by atoms with Crippen molar-refractivity contribution in [2.24, 2.45) is 0 Å². The second-order valence-corrected chi connectivity index (χ2v) is 6.96. The summed E-state index contributed by atoms with van der Waals surface area (Å²) in [6, 6.07) is 20.4. The third kappa shape index (κ3) is 3.40. The number of hydrogen-bond donors (Lipinski definition) is 0. The Hall–Kier alpha value is -3.21. The predicted octanol–water partition coefficient (Wildman–Crippen LogP) is 3.83. The van der Waals surface area contributed by atoms with Gasteiger partial charge in [-0.2, -0.15) is 0 Å². The van der Waals surface area contributed by atoms with E-state index >= 15 is 0 Å². The Balaban J connectivity index is 1.58. The summed E-state index contributed by atoms with van der Waals surface area (Å²) in [5, 5.41) is 0. The van der Waals surface area contributed by atoms with Gasteiger partial charge < -0.3 is 9.80 Å². The zero-order chi connectivity index (χ0) is 18.8. The molecule has 1 aliphatic rings. The fraction of sp³-hybridized carbons (Fsp3) is 0.227. The molecule has 0 aliphatic carbocycles. The van der Waals surface area contributed by atoms with Gasteiger partial charge in [0.2, 0.25) is 0 Å². The van der Waals surface area contributed by atoms with Crippen molar-refractivity contribution in [3.05, 3.63) is 83.8 Å². The van der Waals surface area contributed by atoms with Crippen molar-refractivity contribution in [3.8, 4) is 0 Å². The molecule has 1 aliphatic heterocycles. The smallest absolute Gasteiger partial charge is 0.272 e. The summed E-state index contributed by atoms with van der Waals surface area (Å²) < 4.78 is 0. The van der Waals surface area contributed by atoms with Crippen molar-refractivity contribution >= 4 is 17.4 Å². The molecule has 3 aromatic rings. The van der Waals surface area contributed by atoms with E-state index in [0.717, 1.165) is 23.5 Å². The molecule has 136 valence electrons. The van der Waals surface area contributed by atoms with Crippen molar-refractivity contribution in [2.75, 3.05) is 11.9 Å². The molecule has 1 amide bonds. The highest BCUT2D eigenvalue weighted by atomic mass is 16.2. The SMILES string of the molecule is CC1Cc2ccccc2N1c1cc(C(=O)N(C)Cc2ccccc2)ncn1. The van der Waals surface area contributed by atoms with Crippen molar-refractivity contribution in [3.63, 3.8) is 0 Å². The van der Waals surface area contributed by atoms with E-state index in [9.17, 15) is 4.79 Å². The summed E-state index contributed by atoms with van der Waals surface area (Å²) in [6.45, 7) is 2.72. The van der Waals surface area contributed by atoms with E-state index in [1.807, 2.05) is 36.4 Å². The van der Waals surface area contributed by atoms with Crippen LogP contribution in [0.4, 0.5) is 11.5 Å². The lowest BCUT2D eigenvalue weighted by molar-refractivity contribution is 0.0779. The standard InChI is InChI=1S/C22H22N4O/c1-16-12-18-10-6-7-11-20(18)26(16)21-13-19(23-15-24-21)22(27)25(2)14-17-8-4-3-5-9-17/h3-11,13,15-16H,12,14H2,1-2H3. The largest absolute Gasteiger partial charge is 0.336 e. The number of benzene rings is 2. The van der Waals surface area contributed by atoms with Crippen LogP contribution in [-0.2, 0) is 13.0 Å². The Labute approximate surface area is 159 Å². The predicted molar refractivity (Wildman–Crippen MR) is 106 cm³/mol. The van der Waals surface area contributed by atoms with Crippen molar-refractivity contribution < 1.29 is 4.79 Å². The first-order chi connectivity index (χ1) is 13.1. The highest BCUT2D eigenvalue weighted by molar-refractivity contribution is 5.93. The fourth-order valence-corrected chi connectivity index (χ4v) is 3.64. The van der Waals surface area contributed by atoms with Crippen LogP contribution in [0.25, 0.3) is 0 Å². The van der Waals surface area contributed by atoms with Crippen molar-refractivity contribution in [1.82, 2.24) is 14.9 Å². The van der Waals surface area contributed by atoms with Crippen LogP contribution < -0.4 is 4.90 Å². The Morgan fingerprint density at radius 3 is 2.67 bits per heavy atom. The topological polar surface area (TPSA) is 49.3 Å². The molecule has 0 saturated heterocycles. The van der Waals surface area contributed by atoms with Gasteiger partial charge in [-0.15, -0.1) is 0 Å². The number of fused-ring (bicyclic) bond motifs is 1. The maximum Gasteiger partial charge on any atom is 0.272 e. The first-order valence-corrected chi connectivity index (χ1v) is 9.12. The number of rotatable bonds is 4. The average molecular weight is 358 g/mol. The van der Waals surface area contributed by atoms with E-state index in [4.69, 9.17) is 0 Å². The third-order valence-corrected chi connectivity index (χ3v) is 4.94. The molecule has 4 rings (SSSR count). The lowest BCUT2D eigenvalue weighted by Crippen LogP contribution is -2.28. The Kier molecular flexibility index (Phi) is 4.59. The van der Waals surface area contributed by atoms with Crippen LogP contribution in [0.15, 0.2) is 67.0 Å². The first kappa shape index (κ1) is 17.2. The highest BCUT2D eigenvalue weighted by Crippen LogP contribution is 2.37. The zero-order valence-corrected chi connectivity index (χ0v) is 15.5. The molecule has 1 aromatic heterocycles. The number of amides is 1. The lowest BCUT2D eigenvalue weighted by atomic mass is 10.1. The second kappa shape index (κ2) is 7.19. The number of anilines is 2. The van der Waals surface area contributed by atoms with Gasteiger partial charge in [0.1, 0.15) is 17.8 Å². The summed E-state index contributed by atoms with van der Waals surface area (Å²) in [7, 11) is 1.80. The van der Waals surface area contributed by atoms with Crippen LogP contribution in [0.3, 0.4) is 0 Å². The maximum atomic E-state index is 12.9. The van der Waals surface area contributed by atoms with Crippen LogP contribution in [0, 0.1) is 0 Å². The van der Waals surface area contributed by atoms with E-state index in [0.29, 0.717) is 18.3 Å². The maximum absolute atomic E-state index is 12.9. The van der Waals surface area contributed by atoms with Gasteiger partial charge in [0.25, 0.3) is 5.91 Å². The van der Waals surface area contributed by atoms with Crippen LogP contribution in [0.2, 0.25) is 0 Å². The summed E-state index contributed by atoms with van der Waals surface area (Å²) in [5.41, 5.74) is 3.96. The zero-order valence-electron chi connectivity index (χ0n) is 15.5. The summed E-state index contributed by atoms with van der Waals surface area (Å²) in [6.07, 6.45) is 2.45. The van der Waals surface area contributed by atoms with Crippen molar-refractivity contribution in [2.45, 2.75) is 25.9 Å². The summed E-state index contributed by atoms with van der Waals surface area (Å²) in [5.74, 6) is 0.654. The number of carbonyl (C=O) groups excluding carboxylic acids is 1. The van der Waals surface area contributed by atoms with Gasteiger partial charge in [-0.25, -0.2) is 9.97 Å². The molecule has 0 fully saturated rings. The van der Waals surface area contributed by atoms with Gasteiger partial charge in [-0.05, 0) is 30.5 Å². The fourth-order valence-electron chi connectivity index (χ4n) is 3.64. The molecule has 0 N–H and O–H groups in total. The Bertz CT molecular complexity index is 957. The van der Waals surface area contributed by atoms with Gasteiger partial charge >= 0.3 is 0 Å². The molecule has 1 unspecified atom stereocenters. The van der Waals surface area contributed by atoms with Gasteiger partial charge in [-0.1, -0.05) is 48.5 Å². The minimum absolute atomic E-state index is 0.109. The minimum Gasteiger partial charge on any atom is -0.336 e. The molecule has 2 heterocycles. The molecule has 0 saturated carbocycles. The second-order valence-electron chi connectivity index (χ2n) is 6.96. The number of hydrogen-bond acceptors (Lipinski definition) is 4. The Morgan fingerprint density at radius 1 is 1.11 bits per heavy atom. The summed E-state index contributed by atoms with van der Waals surface area (Å²) >= 11 is 0. The van der Waals surface area contributed by atoms with Gasteiger partial charge in [0.05, 0.1) is 0 Å². The number of carbonyl (C=O) groups is 1. The highest BCUT2D eigenvalue weighted by Gasteiger charge is 2.28. The van der Waals surface area contributed by atoms with Gasteiger partial charge in [0.15, 0.2) is 0 Å².